The normalized spacial score (nSPS) is 19.1. The fraction of sp³-hybridized carbons (Fsp3) is 0.941. The van der Waals surface area contributed by atoms with Gasteiger partial charge in [0, 0.05) is 24.5 Å². The minimum atomic E-state index is 0.146. The van der Waals surface area contributed by atoms with E-state index in [0.29, 0.717) is 5.78 Å². The van der Waals surface area contributed by atoms with Crippen LogP contribution in [-0.2, 0) is 4.79 Å². The maximum Gasteiger partial charge on any atom is 0.150 e. The first-order valence-electron chi connectivity index (χ1n) is 8.68. The average molecular weight is 300 g/mol. The first-order valence-corrected chi connectivity index (χ1v) is 9.84. The molecule has 1 heterocycles. The molecule has 0 amide bonds. The van der Waals surface area contributed by atoms with Crippen LogP contribution in [0.3, 0.4) is 0 Å². The standard InChI is InChI=1S/C17H33NOS/c1-2-3-4-5-6-7-8-9-10-11-12-17(19)16-15-20-14-13-18-16/h16,18H,2-15H2,1H3. The molecule has 1 N–H and O–H groups in total. The van der Waals surface area contributed by atoms with E-state index in [4.69, 9.17) is 0 Å². The molecule has 0 spiro atoms. The van der Waals surface area contributed by atoms with Gasteiger partial charge in [-0.1, -0.05) is 64.7 Å². The van der Waals surface area contributed by atoms with Crippen LogP contribution in [0.15, 0.2) is 0 Å². The summed E-state index contributed by atoms with van der Waals surface area (Å²) in [6.07, 6.45) is 14.1. The average Bonchev–Trinajstić information content (AvgIpc) is 2.50. The summed E-state index contributed by atoms with van der Waals surface area (Å²) < 4.78 is 0. The molecular formula is C17H33NOS. The Morgan fingerprint density at radius 1 is 1.00 bits per heavy atom. The molecule has 1 unspecified atom stereocenters. The molecule has 1 saturated heterocycles. The predicted molar refractivity (Wildman–Crippen MR) is 90.6 cm³/mol. The second-order valence-electron chi connectivity index (χ2n) is 5.98. The summed E-state index contributed by atoms with van der Waals surface area (Å²) in [5, 5.41) is 3.33. The Bertz CT molecular complexity index is 239. The molecule has 1 aliphatic rings. The molecule has 1 aliphatic heterocycles. The third-order valence-electron chi connectivity index (χ3n) is 4.09. The molecule has 0 aromatic carbocycles. The number of ketones is 1. The fourth-order valence-electron chi connectivity index (χ4n) is 2.73. The molecular weight excluding hydrogens is 266 g/mol. The number of thioether (sulfide) groups is 1. The van der Waals surface area contributed by atoms with Crippen molar-refractivity contribution in [3.8, 4) is 0 Å². The molecule has 0 aromatic rings. The Labute approximate surface area is 129 Å². The van der Waals surface area contributed by atoms with Crippen molar-refractivity contribution in [3.05, 3.63) is 0 Å². The van der Waals surface area contributed by atoms with E-state index in [-0.39, 0.29) is 6.04 Å². The number of hydrogen-bond donors (Lipinski definition) is 1. The van der Waals surface area contributed by atoms with Gasteiger partial charge in [-0.05, 0) is 6.42 Å². The Morgan fingerprint density at radius 2 is 1.60 bits per heavy atom. The minimum absolute atomic E-state index is 0.146. The van der Waals surface area contributed by atoms with Crippen molar-refractivity contribution in [3.63, 3.8) is 0 Å². The zero-order valence-electron chi connectivity index (χ0n) is 13.3. The lowest BCUT2D eigenvalue weighted by molar-refractivity contribution is -0.120. The van der Waals surface area contributed by atoms with E-state index < -0.39 is 0 Å². The smallest absolute Gasteiger partial charge is 0.150 e. The van der Waals surface area contributed by atoms with E-state index in [1.165, 1.54) is 57.8 Å². The van der Waals surface area contributed by atoms with Crippen molar-refractivity contribution in [2.24, 2.45) is 0 Å². The van der Waals surface area contributed by atoms with Gasteiger partial charge in [-0.25, -0.2) is 0 Å². The molecule has 0 radical (unpaired) electrons. The first kappa shape index (κ1) is 18.0. The molecule has 0 aliphatic carbocycles. The van der Waals surface area contributed by atoms with Gasteiger partial charge in [0.2, 0.25) is 0 Å². The van der Waals surface area contributed by atoms with Crippen molar-refractivity contribution < 1.29 is 4.79 Å². The number of hydrogen-bond acceptors (Lipinski definition) is 3. The quantitative estimate of drug-likeness (QED) is 0.535. The van der Waals surface area contributed by atoms with Crippen LogP contribution in [0, 0.1) is 0 Å². The largest absolute Gasteiger partial charge is 0.306 e. The van der Waals surface area contributed by atoms with Crippen LogP contribution >= 0.6 is 11.8 Å². The maximum atomic E-state index is 12.0. The molecule has 0 saturated carbocycles. The van der Waals surface area contributed by atoms with Gasteiger partial charge >= 0.3 is 0 Å². The summed E-state index contributed by atoms with van der Waals surface area (Å²) in [4.78, 5) is 12.0. The molecule has 118 valence electrons. The van der Waals surface area contributed by atoms with Gasteiger partial charge in [-0.15, -0.1) is 0 Å². The van der Waals surface area contributed by atoms with E-state index in [9.17, 15) is 4.79 Å². The lowest BCUT2D eigenvalue weighted by Crippen LogP contribution is -2.43. The number of carbonyl (C=O) groups excluding carboxylic acids is 1. The molecule has 1 rings (SSSR count). The third kappa shape index (κ3) is 9.02. The van der Waals surface area contributed by atoms with Gasteiger partial charge in [0.25, 0.3) is 0 Å². The maximum absolute atomic E-state index is 12.0. The Balaban J connectivity index is 1.83. The number of rotatable bonds is 12. The fourth-order valence-corrected chi connectivity index (χ4v) is 3.70. The summed E-state index contributed by atoms with van der Waals surface area (Å²) in [5.74, 6) is 2.58. The van der Waals surface area contributed by atoms with Crippen LogP contribution in [0.25, 0.3) is 0 Å². The number of Topliss-reactive ketones (excluding diaryl/α,β-unsaturated/α-hetero) is 1. The van der Waals surface area contributed by atoms with Crippen LogP contribution in [0.2, 0.25) is 0 Å². The SMILES string of the molecule is CCCCCCCCCCCCC(=O)C1CSCCN1. The molecule has 20 heavy (non-hydrogen) atoms. The Hall–Kier alpha value is -0.0200. The monoisotopic (exact) mass is 299 g/mol. The second kappa shape index (κ2) is 12.7. The highest BCUT2D eigenvalue weighted by Gasteiger charge is 2.19. The topological polar surface area (TPSA) is 29.1 Å². The first-order chi connectivity index (χ1) is 9.84. The van der Waals surface area contributed by atoms with E-state index in [2.05, 4.69) is 12.2 Å². The Morgan fingerprint density at radius 3 is 2.15 bits per heavy atom. The van der Waals surface area contributed by atoms with Crippen molar-refractivity contribution in [1.29, 1.82) is 0 Å². The van der Waals surface area contributed by atoms with Crippen molar-refractivity contribution in [1.82, 2.24) is 5.32 Å². The summed E-state index contributed by atoms with van der Waals surface area (Å²) in [5.41, 5.74) is 0. The highest BCUT2D eigenvalue weighted by atomic mass is 32.2. The molecule has 1 fully saturated rings. The van der Waals surface area contributed by atoms with Crippen molar-refractivity contribution in [2.45, 2.75) is 83.6 Å². The van der Waals surface area contributed by atoms with Crippen LogP contribution in [0.5, 0.6) is 0 Å². The van der Waals surface area contributed by atoms with Crippen molar-refractivity contribution >= 4 is 17.5 Å². The lowest BCUT2D eigenvalue weighted by Gasteiger charge is -2.21. The minimum Gasteiger partial charge on any atom is -0.306 e. The molecule has 1 atom stereocenters. The van der Waals surface area contributed by atoms with Gasteiger partial charge in [-0.2, -0.15) is 11.8 Å². The van der Waals surface area contributed by atoms with Crippen LogP contribution in [0.1, 0.15) is 77.6 Å². The van der Waals surface area contributed by atoms with Gasteiger partial charge < -0.3 is 5.32 Å². The number of nitrogens with one attached hydrogen (secondary N) is 1. The molecule has 3 heteroatoms. The Kier molecular flexibility index (Phi) is 11.4. The number of carbonyl (C=O) groups is 1. The number of unbranched alkanes of at least 4 members (excludes halogenated alkanes) is 9. The van der Waals surface area contributed by atoms with E-state index >= 15 is 0 Å². The summed E-state index contributed by atoms with van der Waals surface area (Å²) in [6.45, 7) is 3.27. The van der Waals surface area contributed by atoms with E-state index in [0.717, 1.165) is 30.9 Å². The van der Waals surface area contributed by atoms with E-state index in [1.807, 2.05) is 11.8 Å². The van der Waals surface area contributed by atoms with Crippen LogP contribution < -0.4 is 5.32 Å². The van der Waals surface area contributed by atoms with Gasteiger partial charge in [0.05, 0.1) is 6.04 Å². The summed E-state index contributed by atoms with van der Waals surface area (Å²) in [7, 11) is 0. The lowest BCUT2D eigenvalue weighted by atomic mass is 10.0. The predicted octanol–water partition coefficient (Wildman–Crippen LogP) is 4.57. The zero-order valence-corrected chi connectivity index (χ0v) is 14.1. The van der Waals surface area contributed by atoms with Crippen LogP contribution in [0.4, 0.5) is 0 Å². The molecule has 0 bridgehead atoms. The highest BCUT2D eigenvalue weighted by molar-refractivity contribution is 7.99. The van der Waals surface area contributed by atoms with Crippen molar-refractivity contribution in [2.75, 3.05) is 18.1 Å². The van der Waals surface area contributed by atoms with Crippen LogP contribution in [-0.4, -0.2) is 29.9 Å². The highest BCUT2D eigenvalue weighted by Crippen LogP contribution is 2.14. The zero-order chi connectivity index (χ0) is 14.5. The molecule has 0 aromatic heterocycles. The van der Waals surface area contributed by atoms with Gasteiger partial charge in [0.15, 0.2) is 5.78 Å². The second-order valence-corrected chi connectivity index (χ2v) is 7.13. The molecule has 2 nitrogen and oxygen atoms in total. The summed E-state index contributed by atoms with van der Waals surface area (Å²) in [6, 6.07) is 0.146. The third-order valence-corrected chi connectivity index (χ3v) is 5.15. The van der Waals surface area contributed by atoms with Gasteiger partial charge in [0.1, 0.15) is 0 Å². The summed E-state index contributed by atoms with van der Waals surface area (Å²) >= 11 is 1.91. The van der Waals surface area contributed by atoms with Gasteiger partial charge in [-0.3, -0.25) is 4.79 Å². The van der Waals surface area contributed by atoms with E-state index in [1.54, 1.807) is 0 Å².